The minimum Gasteiger partial charge on any atom is -0.508 e. The summed E-state index contributed by atoms with van der Waals surface area (Å²) in [6.07, 6.45) is 12.3. The number of rotatable bonds is 9. The molecule has 0 spiro atoms. The third-order valence-electron chi connectivity index (χ3n) is 12.4. The summed E-state index contributed by atoms with van der Waals surface area (Å²) >= 11 is 0. The number of halogens is 2. The maximum atomic E-state index is 17.4. The lowest BCUT2D eigenvalue weighted by molar-refractivity contribution is -0.130. The molecular weight excluding hydrogens is 735 g/mol. The molecule has 1 aliphatic carbocycles. The average molecular weight is 785 g/mol. The highest BCUT2D eigenvalue weighted by Gasteiger charge is 2.49. The number of aromatic nitrogens is 3. The molecule has 5 heterocycles. The number of fused-ring (bicyclic) bond motifs is 3. The lowest BCUT2D eigenvalue weighted by Crippen LogP contribution is -2.53. The molecule has 4 atom stereocenters. The number of phenols is 1. The SMILES string of the molecule is C#Cc1c(F)ccc2cc(O)cc(-c3nc(OC)c4c(N5CCOCC(C)(O)C5)nc(OCC56CCCC5N(CC5CCN(C(=O)CC)C5)CCC6)nc4c3F)c12. The number of anilines is 1. The average Bonchev–Trinajstić information content (AvgIpc) is 3.81. The molecular formula is C43H50F2N6O6. The van der Waals surface area contributed by atoms with Crippen LogP contribution in [0.25, 0.3) is 32.9 Å². The summed E-state index contributed by atoms with van der Waals surface area (Å²) in [6, 6.07) is 5.62. The highest BCUT2D eigenvalue weighted by molar-refractivity contribution is 6.04. The molecule has 0 bridgehead atoms. The minimum absolute atomic E-state index is 0.0219. The first-order valence-corrected chi connectivity index (χ1v) is 20.0. The molecule has 0 radical (unpaired) electrons. The van der Waals surface area contributed by atoms with Gasteiger partial charge in [0.15, 0.2) is 5.82 Å². The maximum Gasteiger partial charge on any atom is 0.319 e. The largest absolute Gasteiger partial charge is 0.508 e. The van der Waals surface area contributed by atoms with Crippen LogP contribution < -0.4 is 14.4 Å². The number of hydrogen-bond donors (Lipinski definition) is 2. The van der Waals surface area contributed by atoms with Gasteiger partial charge in [0.25, 0.3) is 0 Å². The molecule has 3 aliphatic heterocycles. The van der Waals surface area contributed by atoms with Crippen molar-refractivity contribution in [3.63, 3.8) is 0 Å². The highest BCUT2D eigenvalue weighted by atomic mass is 19.1. The first kappa shape index (κ1) is 39.0. The Hall–Kier alpha value is -4.84. The first-order valence-electron chi connectivity index (χ1n) is 20.0. The van der Waals surface area contributed by atoms with E-state index in [-0.39, 0.29) is 93.7 Å². The van der Waals surface area contributed by atoms with Crippen molar-refractivity contribution in [2.75, 3.05) is 71.1 Å². The van der Waals surface area contributed by atoms with Gasteiger partial charge in [-0.1, -0.05) is 25.3 Å². The molecule has 4 aliphatic rings. The quantitative estimate of drug-likeness (QED) is 0.203. The smallest absolute Gasteiger partial charge is 0.319 e. The zero-order chi connectivity index (χ0) is 40.1. The second-order valence-electron chi connectivity index (χ2n) is 16.5. The molecule has 14 heteroatoms. The van der Waals surface area contributed by atoms with Gasteiger partial charge in [-0.15, -0.1) is 6.42 Å². The van der Waals surface area contributed by atoms with E-state index in [0.717, 1.165) is 64.7 Å². The minimum atomic E-state index is -1.26. The van der Waals surface area contributed by atoms with Gasteiger partial charge in [0.05, 0.1) is 39.0 Å². The van der Waals surface area contributed by atoms with E-state index in [0.29, 0.717) is 30.9 Å². The van der Waals surface area contributed by atoms with Gasteiger partial charge in [-0.05, 0) is 75.1 Å². The first-order chi connectivity index (χ1) is 27.4. The molecule has 2 N–H and O–H groups in total. The van der Waals surface area contributed by atoms with Crippen molar-refractivity contribution in [3.05, 3.63) is 41.5 Å². The number of carbonyl (C=O) groups is 1. The number of aromatic hydroxyl groups is 1. The van der Waals surface area contributed by atoms with Crippen molar-refractivity contribution in [2.45, 2.75) is 70.4 Å². The number of β-amino-alcohol motifs (C(OH)–C–C–N with tert-alkyl or cyclic N) is 1. The number of piperidine rings is 1. The van der Waals surface area contributed by atoms with E-state index in [1.165, 1.54) is 31.4 Å². The summed E-state index contributed by atoms with van der Waals surface area (Å²) in [6.45, 7) is 8.23. The van der Waals surface area contributed by atoms with E-state index >= 15 is 8.78 Å². The molecule has 8 rings (SSSR count). The maximum absolute atomic E-state index is 17.4. The van der Waals surface area contributed by atoms with Gasteiger partial charge in [-0.25, -0.2) is 13.8 Å². The Morgan fingerprint density at radius 3 is 2.72 bits per heavy atom. The number of carbonyl (C=O) groups excluding carboxylic acids is 1. The standard InChI is InChI=1S/C43H50F2N6O6/c1-5-29-31(44)11-10-27-19-28(52)20-30(34(27)29)37-36(45)38-35(40(46-37)55-4)39(51-17-18-56-24-42(3,54)23-51)48-41(47-38)57-25-43-13-7-9-32(43)49(15-8-14-43)21-26-12-16-50(22-26)33(53)6-2/h1,10-11,19-20,26,32,52,54H,6-9,12-18,21-25H2,2-4H3. The van der Waals surface area contributed by atoms with Crippen LogP contribution in [-0.4, -0.2) is 119 Å². The van der Waals surface area contributed by atoms with Crippen LogP contribution >= 0.6 is 0 Å². The van der Waals surface area contributed by atoms with Crippen LogP contribution in [0.5, 0.6) is 17.6 Å². The molecule has 302 valence electrons. The molecule has 57 heavy (non-hydrogen) atoms. The van der Waals surface area contributed by atoms with Crippen molar-refractivity contribution >= 4 is 33.4 Å². The van der Waals surface area contributed by atoms with E-state index in [2.05, 4.69) is 15.8 Å². The molecule has 12 nitrogen and oxygen atoms in total. The number of methoxy groups -OCH3 is 1. The van der Waals surface area contributed by atoms with Gasteiger partial charge in [-0.2, -0.15) is 9.97 Å². The van der Waals surface area contributed by atoms with Gasteiger partial charge in [0, 0.05) is 55.0 Å². The van der Waals surface area contributed by atoms with Crippen LogP contribution in [0.15, 0.2) is 24.3 Å². The topological polar surface area (TPSA) is 134 Å². The van der Waals surface area contributed by atoms with E-state index in [1.807, 2.05) is 11.8 Å². The second-order valence-corrected chi connectivity index (χ2v) is 16.5. The van der Waals surface area contributed by atoms with Gasteiger partial charge >= 0.3 is 6.01 Å². The predicted octanol–water partition coefficient (Wildman–Crippen LogP) is 5.68. The van der Waals surface area contributed by atoms with Crippen LogP contribution in [-0.2, 0) is 9.53 Å². The fraction of sp³-hybridized carbons (Fsp3) is 0.535. The third-order valence-corrected chi connectivity index (χ3v) is 12.4. The Balaban J connectivity index is 1.20. The number of pyridine rings is 1. The van der Waals surface area contributed by atoms with Gasteiger partial charge in [0.2, 0.25) is 11.8 Å². The van der Waals surface area contributed by atoms with Crippen molar-refractivity contribution in [2.24, 2.45) is 11.3 Å². The summed E-state index contributed by atoms with van der Waals surface area (Å²) in [5, 5.41) is 22.7. The van der Waals surface area contributed by atoms with Crippen LogP contribution in [0.2, 0.25) is 0 Å². The molecule has 4 aromatic rings. The Bertz CT molecular complexity index is 2250. The fourth-order valence-corrected chi connectivity index (χ4v) is 9.86. The summed E-state index contributed by atoms with van der Waals surface area (Å²) in [7, 11) is 1.39. The molecule has 3 saturated heterocycles. The monoisotopic (exact) mass is 784 g/mol. The molecule has 4 fully saturated rings. The van der Waals surface area contributed by atoms with Crippen LogP contribution in [0.4, 0.5) is 14.6 Å². The molecule has 1 saturated carbocycles. The Morgan fingerprint density at radius 1 is 1.11 bits per heavy atom. The highest BCUT2D eigenvalue weighted by Crippen LogP contribution is 2.49. The predicted molar refractivity (Wildman–Crippen MR) is 211 cm³/mol. The second kappa shape index (κ2) is 15.5. The van der Waals surface area contributed by atoms with Crippen molar-refractivity contribution in [1.29, 1.82) is 0 Å². The number of hydrogen-bond acceptors (Lipinski definition) is 11. The van der Waals surface area contributed by atoms with Crippen molar-refractivity contribution in [3.8, 4) is 41.2 Å². The zero-order valence-electron chi connectivity index (χ0n) is 32.8. The number of benzene rings is 2. The number of likely N-dealkylation sites (tertiary alicyclic amines) is 2. The normalized spacial score (nSPS) is 25.4. The van der Waals surface area contributed by atoms with Crippen molar-refractivity contribution in [1.82, 2.24) is 24.8 Å². The lowest BCUT2D eigenvalue weighted by Gasteiger charge is -2.47. The van der Waals surface area contributed by atoms with E-state index in [4.69, 9.17) is 30.6 Å². The third kappa shape index (κ3) is 7.30. The lowest BCUT2D eigenvalue weighted by atomic mass is 9.75. The van der Waals surface area contributed by atoms with E-state index in [1.54, 1.807) is 11.8 Å². The fourth-order valence-electron chi connectivity index (χ4n) is 9.86. The number of terminal acetylenes is 1. The summed E-state index contributed by atoms with van der Waals surface area (Å²) < 4.78 is 50.6. The van der Waals surface area contributed by atoms with E-state index in [9.17, 15) is 15.0 Å². The molecule has 2 aromatic carbocycles. The Morgan fingerprint density at radius 2 is 1.93 bits per heavy atom. The summed E-state index contributed by atoms with van der Waals surface area (Å²) in [5.41, 5.74) is -1.88. The number of aliphatic hydroxyl groups is 1. The summed E-state index contributed by atoms with van der Waals surface area (Å²) in [5.74, 6) is 1.51. The molecule has 2 aromatic heterocycles. The number of amides is 1. The van der Waals surface area contributed by atoms with Crippen LogP contribution in [0, 0.1) is 35.3 Å². The molecule has 4 unspecified atom stereocenters. The zero-order valence-corrected chi connectivity index (χ0v) is 32.8. The van der Waals surface area contributed by atoms with Gasteiger partial charge in [-0.3, -0.25) is 9.69 Å². The number of phenolic OH excluding ortho intramolecular Hbond substituents is 1. The number of ether oxygens (including phenoxy) is 3. The Labute approximate surface area is 331 Å². The van der Waals surface area contributed by atoms with Gasteiger partial charge in [0.1, 0.15) is 39.6 Å². The van der Waals surface area contributed by atoms with Crippen LogP contribution in [0.1, 0.15) is 64.4 Å². The van der Waals surface area contributed by atoms with Gasteiger partial charge < -0.3 is 34.2 Å². The van der Waals surface area contributed by atoms with Crippen molar-refractivity contribution < 1.29 is 38.0 Å². The molecule has 1 amide bonds. The van der Waals surface area contributed by atoms with E-state index < -0.39 is 17.2 Å². The summed E-state index contributed by atoms with van der Waals surface area (Å²) in [4.78, 5) is 33.0. The van der Waals surface area contributed by atoms with Crippen LogP contribution in [0.3, 0.4) is 0 Å². The number of nitrogens with zero attached hydrogens (tertiary/aromatic N) is 6. The Kier molecular flexibility index (Phi) is 10.6.